The number of halogens is 1. The van der Waals surface area contributed by atoms with Crippen LogP contribution in [-0.2, 0) is 4.79 Å². The third-order valence-corrected chi connectivity index (χ3v) is 3.25. The number of carbonyl (C=O) groups is 2. The first-order valence-corrected chi connectivity index (χ1v) is 5.87. The second-order valence-electron chi connectivity index (χ2n) is 4.24. The molecule has 1 amide bonds. The third kappa shape index (κ3) is 2.41. The lowest BCUT2D eigenvalue weighted by Gasteiger charge is -2.16. The van der Waals surface area contributed by atoms with Crippen LogP contribution in [0.2, 0.25) is 5.02 Å². The number of carbonyl (C=O) groups excluding carboxylic acids is 1. The highest BCUT2D eigenvalue weighted by Gasteiger charge is 2.32. The number of amides is 1. The molecule has 1 saturated heterocycles. The van der Waals surface area contributed by atoms with E-state index in [4.69, 9.17) is 16.7 Å². The molecule has 1 aliphatic rings. The summed E-state index contributed by atoms with van der Waals surface area (Å²) in [7, 11) is 0. The number of benzene rings is 1. The Bertz CT molecular complexity index is 503. The number of carboxylic acids is 1. The van der Waals surface area contributed by atoms with E-state index in [1.807, 2.05) is 0 Å². The summed E-state index contributed by atoms with van der Waals surface area (Å²) in [5, 5.41) is 18.8. The molecule has 1 aliphatic heterocycles. The summed E-state index contributed by atoms with van der Waals surface area (Å²) >= 11 is 5.77. The molecule has 96 valence electrons. The van der Waals surface area contributed by atoms with Crippen molar-refractivity contribution in [3.05, 3.63) is 28.8 Å². The number of hydrogen-bond donors (Lipinski definition) is 2. The quantitative estimate of drug-likeness (QED) is 0.855. The number of hydrogen-bond acceptors (Lipinski definition) is 3. The van der Waals surface area contributed by atoms with Gasteiger partial charge < -0.3 is 15.1 Å². The Balaban J connectivity index is 2.17. The van der Waals surface area contributed by atoms with Crippen LogP contribution in [-0.4, -0.2) is 40.1 Å². The predicted molar refractivity (Wildman–Crippen MR) is 64.8 cm³/mol. The first kappa shape index (κ1) is 12.7. The predicted octanol–water partition coefficient (Wildman–Crippen LogP) is 1.59. The molecule has 0 aromatic heterocycles. The standard InChI is InChI=1S/C12H12ClNO4/c13-8-1-2-10(15)9(5-8)11(16)14-4-3-7(6-14)12(17)18/h1-2,5,7,15H,3-4,6H2,(H,17,18). The maximum atomic E-state index is 12.1. The monoisotopic (exact) mass is 269 g/mol. The average Bonchev–Trinajstić information content (AvgIpc) is 2.81. The van der Waals surface area contributed by atoms with Crippen molar-refractivity contribution in [3.63, 3.8) is 0 Å². The van der Waals surface area contributed by atoms with Gasteiger partial charge in [0.2, 0.25) is 0 Å². The van der Waals surface area contributed by atoms with Crippen molar-refractivity contribution in [2.45, 2.75) is 6.42 Å². The molecule has 0 saturated carbocycles. The summed E-state index contributed by atoms with van der Waals surface area (Å²) in [5.74, 6) is -1.97. The van der Waals surface area contributed by atoms with Crippen molar-refractivity contribution in [1.82, 2.24) is 4.90 Å². The topological polar surface area (TPSA) is 77.8 Å². The molecule has 1 fully saturated rings. The molecule has 1 unspecified atom stereocenters. The molecule has 1 heterocycles. The van der Waals surface area contributed by atoms with Crippen molar-refractivity contribution < 1.29 is 19.8 Å². The number of nitrogens with zero attached hydrogens (tertiary/aromatic N) is 1. The van der Waals surface area contributed by atoms with Crippen LogP contribution >= 0.6 is 11.6 Å². The number of aliphatic carboxylic acids is 1. The van der Waals surface area contributed by atoms with E-state index >= 15 is 0 Å². The molecular formula is C12H12ClNO4. The van der Waals surface area contributed by atoms with Crippen LogP contribution in [0.3, 0.4) is 0 Å². The highest BCUT2D eigenvalue weighted by atomic mass is 35.5. The van der Waals surface area contributed by atoms with E-state index < -0.39 is 17.8 Å². The van der Waals surface area contributed by atoms with Gasteiger partial charge in [0.15, 0.2) is 0 Å². The van der Waals surface area contributed by atoms with Gasteiger partial charge in [0, 0.05) is 18.1 Å². The van der Waals surface area contributed by atoms with E-state index in [0.29, 0.717) is 18.0 Å². The van der Waals surface area contributed by atoms with Crippen LogP contribution in [0.5, 0.6) is 5.75 Å². The second-order valence-corrected chi connectivity index (χ2v) is 4.67. The molecular weight excluding hydrogens is 258 g/mol. The van der Waals surface area contributed by atoms with E-state index in [1.165, 1.54) is 23.1 Å². The van der Waals surface area contributed by atoms with Gasteiger partial charge in [-0.15, -0.1) is 0 Å². The highest BCUT2D eigenvalue weighted by molar-refractivity contribution is 6.31. The summed E-state index contributed by atoms with van der Waals surface area (Å²) < 4.78 is 0. The first-order chi connectivity index (χ1) is 8.49. The molecule has 18 heavy (non-hydrogen) atoms. The zero-order valence-electron chi connectivity index (χ0n) is 9.47. The van der Waals surface area contributed by atoms with Gasteiger partial charge in [0.05, 0.1) is 11.5 Å². The van der Waals surface area contributed by atoms with Gasteiger partial charge in [-0.05, 0) is 24.6 Å². The number of likely N-dealkylation sites (tertiary alicyclic amines) is 1. The van der Waals surface area contributed by atoms with Crippen LogP contribution in [0.1, 0.15) is 16.8 Å². The molecule has 5 nitrogen and oxygen atoms in total. The first-order valence-electron chi connectivity index (χ1n) is 5.49. The van der Waals surface area contributed by atoms with Gasteiger partial charge in [-0.1, -0.05) is 11.6 Å². The second kappa shape index (κ2) is 4.86. The van der Waals surface area contributed by atoms with Crippen molar-refractivity contribution in [2.75, 3.05) is 13.1 Å². The Morgan fingerprint density at radius 1 is 1.39 bits per heavy atom. The van der Waals surface area contributed by atoms with Gasteiger partial charge in [0.25, 0.3) is 5.91 Å². The summed E-state index contributed by atoms with van der Waals surface area (Å²) in [6.07, 6.45) is 0.433. The van der Waals surface area contributed by atoms with Crippen LogP contribution in [0.15, 0.2) is 18.2 Å². The number of phenols is 1. The summed E-state index contributed by atoms with van der Waals surface area (Å²) in [5.41, 5.74) is 0.105. The van der Waals surface area contributed by atoms with Crippen LogP contribution in [0.4, 0.5) is 0 Å². The Morgan fingerprint density at radius 3 is 2.72 bits per heavy atom. The third-order valence-electron chi connectivity index (χ3n) is 3.01. The van der Waals surface area contributed by atoms with Gasteiger partial charge in [-0.3, -0.25) is 9.59 Å². The van der Waals surface area contributed by atoms with E-state index in [1.54, 1.807) is 0 Å². The van der Waals surface area contributed by atoms with E-state index in [2.05, 4.69) is 0 Å². The van der Waals surface area contributed by atoms with Crippen LogP contribution < -0.4 is 0 Å². The molecule has 1 atom stereocenters. The van der Waals surface area contributed by atoms with Crippen LogP contribution in [0.25, 0.3) is 0 Å². The minimum Gasteiger partial charge on any atom is -0.507 e. The number of rotatable bonds is 2. The maximum absolute atomic E-state index is 12.1. The van der Waals surface area contributed by atoms with E-state index in [0.717, 1.165) is 0 Å². The van der Waals surface area contributed by atoms with E-state index in [9.17, 15) is 14.7 Å². The van der Waals surface area contributed by atoms with Crippen LogP contribution in [0, 0.1) is 5.92 Å². The lowest BCUT2D eigenvalue weighted by atomic mass is 10.1. The fraction of sp³-hybridized carbons (Fsp3) is 0.333. The van der Waals surface area contributed by atoms with Crippen molar-refractivity contribution in [1.29, 1.82) is 0 Å². The molecule has 1 aromatic carbocycles. The molecule has 1 aromatic rings. The van der Waals surface area contributed by atoms with Gasteiger partial charge in [-0.2, -0.15) is 0 Å². The van der Waals surface area contributed by atoms with E-state index in [-0.39, 0.29) is 17.9 Å². The van der Waals surface area contributed by atoms with Gasteiger partial charge in [0.1, 0.15) is 5.75 Å². The SMILES string of the molecule is O=C(O)C1CCN(C(=O)c2cc(Cl)ccc2O)C1. The average molecular weight is 270 g/mol. The Kier molecular flexibility index (Phi) is 3.43. The van der Waals surface area contributed by atoms with Gasteiger partial charge in [-0.25, -0.2) is 0 Å². The molecule has 6 heteroatoms. The Morgan fingerprint density at radius 2 is 2.11 bits per heavy atom. The summed E-state index contributed by atoms with van der Waals surface area (Å²) in [6.45, 7) is 0.544. The molecule has 0 spiro atoms. The molecule has 0 radical (unpaired) electrons. The normalized spacial score (nSPS) is 18.9. The van der Waals surface area contributed by atoms with Crippen molar-refractivity contribution >= 4 is 23.5 Å². The Labute approximate surface area is 109 Å². The zero-order valence-corrected chi connectivity index (χ0v) is 10.2. The fourth-order valence-corrected chi connectivity index (χ4v) is 2.17. The van der Waals surface area contributed by atoms with Crippen molar-refractivity contribution in [2.24, 2.45) is 5.92 Å². The number of phenolic OH excluding ortho intramolecular Hbond substituents is 1. The minimum atomic E-state index is -0.902. The summed E-state index contributed by atoms with van der Waals surface area (Å²) in [4.78, 5) is 24.3. The number of carboxylic acid groups (broad SMARTS) is 1. The fourth-order valence-electron chi connectivity index (χ4n) is 2.00. The molecule has 0 aliphatic carbocycles. The molecule has 2 N–H and O–H groups in total. The lowest BCUT2D eigenvalue weighted by molar-refractivity contribution is -0.141. The number of aromatic hydroxyl groups is 1. The van der Waals surface area contributed by atoms with Crippen molar-refractivity contribution in [3.8, 4) is 5.75 Å². The zero-order chi connectivity index (χ0) is 13.3. The largest absolute Gasteiger partial charge is 0.507 e. The molecule has 0 bridgehead atoms. The smallest absolute Gasteiger partial charge is 0.308 e. The summed E-state index contributed by atoms with van der Waals surface area (Å²) in [6, 6.07) is 4.21. The highest BCUT2D eigenvalue weighted by Crippen LogP contribution is 2.25. The lowest BCUT2D eigenvalue weighted by Crippen LogP contribution is -2.30. The minimum absolute atomic E-state index is 0.105. The van der Waals surface area contributed by atoms with Gasteiger partial charge >= 0.3 is 5.97 Å². The maximum Gasteiger partial charge on any atom is 0.308 e. The molecule has 2 rings (SSSR count). The Hall–Kier alpha value is -1.75.